The van der Waals surface area contributed by atoms with Crippen molar-refractivity contribution in [3.8, 4) is 0 Å². The molecular weight excluding hydrogens is 452 g/mol. The molecule has 0 spiro atoms. The van der Waals surface area contributed by atoms with E-state index in [0.29, 0.717) is 25.5 Å². The Morgan fingerprint density at radius 3 is 2.11 bits per heavy atom. The second-order valence-electron chi connectivity index (χ2n) is 9.66. The van der Waals surface area contributed by atoms with E-state index >= 15 is 0 Å². The van der Waals surface area contributed by atoms with Crippen molar-refractivity contribution in [2.75, 3.05) is 25.0 Å². The lowest BCUT2D eigenvalue weighted by atomic mass is 10.0. The van der Waals surface area contributed by atoms with Gasteiger partial charge in [-0.1, -0.05) is 82.9 Å². The van der Waals surface area contributed by atoms with Crippen LogP contribution in [0.3, 0.4) is 0 Å². The van der Waals surface area contributed by atoms with E-state index in [4.69, 9.17) is 4.74 Å². The molecule has 36 heavy (non-hydrogen) atoms. The summed E-state index contributed by atoms with van der Waals surface area (Å²) in [4.78, 5) is 26.4. The van der Waals surface area contributed by atoms with Gasteiger partial charge in [0.25, 0.3) is 0 Å². The Bertz CT molecular complexity index is 910. The summed E-state index contributed by atoms with van der Waals surface area (Å²) in [7, 11) is 0. The zero-order valence-corrected chi connectivity index (χ0v) is 22.5. The molecule has 0 heterocycles. The van der Waals surface area contributed by atoms with Crippen molar-refractivity contribution in [2.24, 2.45) is 0 Å². The van der Waals surface area contributed by atoms with Gasteiger partial charge < -0.3 is 20.1 Å². The molecule has 0 bridgehead atoms. The molecule has 0 radical (unpaired) electrons. The molecule has 0 saturated heterocycles. The molecule has 0 saturated carbocycles. The third-order valence-corrected chi connectivity index (χ3v) is 6.41. The number of ether oxygens (including phenoxy) is 1. The van der Waals surface area contributed by atoms with Crippen LogP contribution >= 0.6 is 0 Å². The smallest absolute Gasteiger partial charge is 0.333 e. The topological polar surface area (TPSA) is 78.9 Å². The monoisotopic (exact) mass is 496 g/mol. The van der Waals surface area contributed by atoms with E-state index in [1.54, 1.807) is 6.92 Å². The number of nitrogens with one attached hydrogen (secondary N) is 1. The first kappa shape index (κ1) is 29.4. The highest BCUT2D eigenvalue weighted by molar-refractivity contribution is 5.89. The summed E-state index contributed by atoms with van der Waals surface area (Å²) in [6, 6.07) is 15.9. The normalized spacial score (nSPS) is 11.9. The fourth-order valence-corrected chi connectivity index (χ4v) is 4.11. The number of urea groups is 1. The second-order valence-corrected chi connectivity index (χ2v) is 9.66. The number of rotatable bonds is 16. The number of nitrogens with zero attached hydrogens (tertiary/aromatic N) is 1. The lowest BCUT2D eigenvalue weighted by molar-refractivity contribution is -0.149. The van der Waals surface area contributed by atoms with Gasteiger partial charge in [-0.3, -0.25) is 0 Å². The molecule has 6 heteroatoms. The quantitative estimate of drug-likeness (QED) is 0.248. The fourth-order valence-electron chi connectivity index (χ4n) is 4.11. The van der Waals surface area contributed by atoms with Crippen LogP contribution in [0.2, 0.25) is 0 Å². The lowest BCUT2D eigenvalue weighted by Gasteiger charge is -2.23. The molecule has 0 fully saturated rings. The summed E-state index contributed by atoms with van der Waals surface area (Å²) in [6.45, 7) is 10.0. The summed E-state index contributed by atoms with van der Waals surface area (Å²) in [6.07, 6.45) is 5.99. The van der Waals surface area contributed by atoms with Gasteiger partial charge in [0.2, 0.25) is 0 Å². The Morgan fingerprint density at radius 2 is 1.53 bits per heavy atom. The fraction of sp³-hybridized carbons (Fsp3) is 0.533. The van der Waals surface area contributed by atoms with Crippen molar-refractivity contribution >= 4 is 17.7 Å². The first-order chi connectivity index (χ1) is 17.3. The number of aliphatic carboxylic acids is 1. The van der Waals surface area contributed by atoms with Crippen LogP contribution in [-0.2, 0) is 22.4 Å². The summed E-state index contributed by atoms with van der Waals surface area (Å²) in [5, 5.41) is 12.4. The molecular formula is C30H44N2O4. The Hall–Kier alpha value is -2.86. The van der Waals surface area contributed by atoms with Crippen molar-refractivity contribution in [3.05, 3.63) is 65.2 Å². The van der Waals surface area contributed by atoms with Crippen molar-refractivity contribution < 1.29 is 19.4 Å². The molecule has 0 aliphatic rings. The molecule has 2 rings (SSSR count). The van der Waals surface area contributed by atoms with E-state index < -0.39 is 12.1 Å². The van der Waals surface area contributed by atoms with Crippen LogP contribution in [-0.4, -0.2) is 47.8 Å². The second kappa shape index (κ2) is 16.0. The highest BCUT2D eigenvalue weighted by Gasteiger charge is 2.18. The van der Waals surface area contributed by atoms with Gasteiger partial charge in [-0.2, -0.15) is 0 Å². The van der Waals surface area contributed by atoms with E-state index in [2.05, 4.69) is 38.2 Å². The zero-order chi connectivity index (χ0) is 26.3. The summed E-state index contributed by atoms with van der Waals surface area (Å²) < 4.78 is 5.32. The van der Waals surface area contributed by atoms with Gasteiger partial charge in [-0.15, -0.1) is 0 Å². The maximum atomic E-state index is 13.1. The highest BCUT2D eigenvalue weighted by atomic mass is 16.5. The first-order valence-corrected chi connectivity index (χ1v) is 13.4. The van der Waals surface area contributed by atoms with Crippen LogP contribution in [0.5, 0.6) is 0 Å². The van der Waals surface area contributed by atoms with Crippen LogP contribution in [0.1, 0.15) is 82.4 Å². The minimum atomic E-state index is -0.944. The van der Waals surface area contributed by atoms with Crippen molar-refractivity contribution in [1.82, 2.24) is 4.90 Å². The van der Waals surface area contributed by atoms with Crippen molar-refractivity contribution in [3.63, 3.8) is 0 Å². The zero-order valence-electron chi connectivity index (χ0n) is 22.5. The van der Waals surface area contributed by atoms with Crippen LogP contribution in [0, 0.1) is 0 Å². The highest BCUT2D eigenvalue weighted by Crippen LogP contribution is 2.18. The maximum Gasteiger partial charge on any atom is 0.333 e. The van der Waals surface area contributed by atoms with Gasteiger partial charge in [0.05, 0.1) is 0 Å². The Kier molecular flexibility index (Phi) is 13.1. The molecule has 1 atom stereocenters. The predicted molar refractivity (Wildman–Crippen MR) is 147 cm³/mol. The largest absolute Gasteiger partial charge is 0.479 e. The molecule has 198 valence electrons. The molecule has 2 N–H and O–H groups in total. The predicted octanol–water partition coefficient (Wildman–Crippen LogP) is 6.89. The van der Waals surface area contributed by atoms with Gasteiger partial charge in [0.1, 0.15) is 0 Å². The average Bonchev–Trinajstić information content (AvgIpc) is 2.86. The first-order valence-electron chi connectivity index (χ1n) is 13.4. The van der Waals surface area contributed by atoms with Crippen LogP contribution in [0.4, 0.5) is 10.5 Å². The van der Waals surface area contributed by atoms with E-state index in [9.17, 15) is 14.7 Å². The average molecular weight is 497 g/mol. The number of anilines is 1. The van der Waals surface area contributed by atoms with Gasteiger partial charge in [-0.25, -0.2) is 9.59 Å². The standard InChI is InChI=1S/C30H44N2O4/c1-5-7-8-9-10-20-32(30(35)31-27-17-15-26(16-18-27)23(3)4)21-19-24-11-13-25(14-12-24)22-28(29(33)34)36-6-2/h11-18,23,28H,5-10,19-22H2,1-4H3,(H,31,35)(H,33,34)/t28-/m1/s1. The van der Waals surface area contributed by atoms with Gasteiger partial charge in [0, 0.05) is 31.8 Å². The number of carbonyl (C=O) groups is 2. The third kappa shape index (κ3) is 10.4. The molecule has 0 aliphatic carbocycles. The Labute approximate surface area is 217 Å². The minimum Gasteiger partial charge on any atom is -0.479 e. The number of hydrogen-bond donors (Lipinski definition) is 2. The minimum absolute atomic E-state index is 0.0691. The third-order valence-electron chi connectivity index (χ3n) is 6.41. The summed E-state index contributed by atoms with van der Waals surface area (Å²) >= 11 is 0. The SMILES string of the molecule is CCCCCCCN(CCc1ccc(C[C@@H](OCC)C(=O)O)cc1)C(=O)Nc1ccc(C(C)C)cc1. The number of unbranched alkanes of at least 4 members (excludes halogenated alkanes) is 4. The molecule has 2 aromatic rings. The molecule has 0 unspecified atom stereocenters. The van der Waals surface area contributed by atoms with Crippen LogP contribution < -0.4 is 5.32 Å². The molecule has 2 amide bonds. The Morgan fingerprint density at radius 1 is 0.889 bits per heavy atom. The molecule has 2 aromatic carbocycles. The number of carboxylic acid groups (broad SMARTS) is 1. The van der Waals surface area contributed by atoms with Crippen molar-refractivity contribution in [1.29, 1.82) is 0 Å². The number of benzene rings is 2. The molecule has 0 aromatic heterocycles. The number of amides is 2. The number of carbonyl (C=O) groups excluding carboxylic acids is 1. The van der Waals surface area contributed by atoms with E-state index in [-0.39, 0.29) is 6.03 Å². The number of carboxylic acids is 1. The number of hydrogen-bond acceptors (Lipinski definition) is 3. The summed E-state index contributed by atoms with van der Waals surface area (Å²) in [5.74, 6) is -0.490. The summed E-state index contributed by atoms with van der Waals surface area (Å²) in [5.41, 5.74) is 4.11. The van der Waals surface area contributed by atoms with E-state index in [0.717, 1.165) is 42.6 Å². The lowest BCUT2D eigenvalue weighted by Crippen LogP contribution is -2.37. The molecule has 0 aliphatic heterocycles. The van der Waals surface area contributed by atoms with Crippen LogP contribution in [0.25, 0.3) is 0 Å². The van der Waals surface area contributed by atoms with E-state index in [1.807, 2.05) is 41.3 Å². The maximum absolute atomic E-state index is 13.1. The van der Waals surface area contributed by atoms with Gasteiger partial charge in [-0.05, 0) is 54.5 Å². The van der Waals surface area contributed by atoms with Crippen molar-refractivity contribution in [2.45, 2.75) is 84.7 Å². The molecule has 6 nitrogen and oxygen atoms in total. The van der Waals surface area contributed by atoms with Gasteiger partial charge >= 0.3 is 12.0 Å². The Balaban J connectivity index is 1.98. The van der Waals surface area contributed by atoms with E-state index in [1.165, 1.54) is 24.8 Å². The van der Waals surface area contributed by atoms with Crippen LogP contribution in [0.15, 0.2) is 48.5 Å². The van der Waals surface area contributed by atoms with Gasteiger partial charge in [0.15, 0.2) is 6.10 Å².